The predicted molar refractivity (Wildman–Crippen MR) is 86.4 cm³/mol. The maximum absolute atomic E-state index is 11.9. The molecule has 0 aliphatic heterocycles. The molecule has 0 radical (unpaired) electrons. The second-order valence-electron chi connectivity index (χ2n) is 5.46. The summed E-state index contributed by atoms with van der Waals surface area (Å²) in [5.74, 6) is 0.546. The van der Waals surface area contributed by atoms with Gasteiger partial charge in [0.25, 0.3) is 0 Å². The zero-order valence-corrected chi connectivity index (χ0v) is 14.0. The van der Waals surface area contributed by atoms with E-state index in [1.807, 2.05) is 17.7 Å². The summed E-state index contributed by atoms with van der Waals surface area (Å²) >= 11 is 0. The zero-order valence-electron chi connectivity index (χ0n) is 12.3. The van der Waals surface area contributed by atoms with Crippen molar-refractivity contribution in [1.29, 1.82) is 0 Å². The first-order valence-electron chi connectivity index (χ1n) is 6.42. The predicted octanol–water partition coefficient (Wildman–Crippen LogP) is 2.00. The normalized spacial score (nSPS) is 13.1. The minimum Gasteiger partial charge on any atom is -0.350 e. The number of nitrogens with zero attached hydrogens (tertiary/aromatic N) is 2. The summed E-state index contributed by atoms with van der Waals surface area (Å²) in [6.07, 6.45) is 6.61. The van der Waals surface area contributed by atoms with Crippen LogP contribution in [0.3, 0.4) is 0 Å². The molecule has 1 heterocycles. The number of carbonyl (C=O) groups is 1. The van der Waals surface area contributed by atoms with Crippen LogP contribution in [0.4, 0.5) is 0 Å². The summed E-state index contributed by atoms with van der Waals surface area (Å²) in [6, 6.07) is 0. The van der Waals surface area contributed by atoms with Crippen LogP contribution in [0, 0.1) is 5.92 Å². The number of aromatic nitrogens is 2. The third-order valence-electron chi connectivity index (χ3n) is 2.91. The molecule has 3 N–H and O–H groups in total. The number of nitrogens with one attached hydrogen (secondary N) is 1. The van der Waals surface area contributed by atoms with Crippen LogP contribution in [0.15, 0.2) is 18.7 Å². The molecule has 1 unspecified atom stereocenters. The van der Waals surface area contributed by atoms with Crippen LogP contribution in [0.1, 0.15) is 33.6 Å². The summed E-state index contributed by atoms with van der Waals surface area (Å²) in [6.45, 7) is 7.37. The monoisotopic (exact) mass is 324 g/mol. The molecule has 0 fully saturated rings. The Hall–Kier alpha value is -0.780. The van der Waals surface area contributed by atoms with Crippen molar-refractivity contribution >= 4 is 30.7 Å². The molecule has 118 valence electrons. The zero-order chi connectivity index (χ0) is 13.6. The van der Waals surface area contributed by atoms with Crippen molar-refractivity contribution in [3.05, 3.63) is 18.7 Å². The number of halogens is 2. The molecule has 0 aliphatic carbocycles. The number of nitrogens with two attached hydrogens (primary N) is 1. The maximum Gasteiger partial charge on any atom is 0.222 e. The molecule has 1 atom stereocenters. The second kappa shape index (κ2) is 10.0. The van der Waals surface area contributed by atoms with Gasteiger partial charge in [-0.3, -0.25) is 4.79 Å². The minimum atomic E-state index is -0.305. The smallest absolute Gasteiger partial charge is 0.222 e. The Balaban J connectivity index is 0. The molecule has 0 aromatic carbocycles. The molecule has 20 heavy (non-hydrogen) atoms. The SMILES string of the molecule is CC(C)CC(C)(CN)NC(=O)CCn1ccnc1.Cl.Cl. The lowest BCUT2D eigenvalue weighted by atomic mass is 9.90. The fourth-order valence-corrected chi connectivity index (χ4v) is 2.14. The number of hydrogen-bond acceptors (Lipinski definition) is 3. The Labute approximate surface area is 133 Å². The molecular weight excluding hydrogens is 299 g/mol. The number of amides is 1. The molecule has 0 spiro atoms. The van der Waals surface area contributed by atoms with E-state index in [2.05, 4.69) is 24.1 Å². The molecule has 5 nitrogen and oxygen atoms in total. The summed E-state index contributed by atoms with van der Waals surface area (Å²) in [7, 11) is 0. The highest BCUT2D eigenvalue weighted by Crippen LogP contribution is 2.15. The lowest BCUT2D eigenvalue weighted by molar-refractivity contribution is -0.123. The van der Waals surface area contributed by atoms with Gasteiger partial charge in [-0.2, -0.15) is 0 Å². The Morgan fingerprint density at radius 1 is 1.45 bits per heavy atom. The summed E-state index contributed by atoms with van der Waals surface area (Å²) < 4.78 is 1.89. The van der Waals surface area contributed by atoms with Gasteiger partial charge in [-0.25, -0.2) is 4.98 Å². The standard InChI is InChI=1S/C13H24N4O.2ClH/c1-11(2)8-13(3,9-14)16-12(18)4-6-17-7-5-15-10-17;;/h5,7,10-11H,4,6,8-9,14H2,1-3H3,(H,16,18);2*1H. The molecule has 0 aliphatic rings. The van der Waals surface area contributed by atoms with Gasteiger partial charge in [0.15, 0.2) is 0 Å². The molecule has 1 aromatic rings. The molecule has 1 amide bonds. The second-order valence-corrected chi connectivity index (χ2v) is 5.46. The summed E-state index contributed by atoms with van der Waals surface area (Å²) in [5, 5.41) is 3.04. The van der Waals surface area contributed by atoms with Gasteiger partial charge < -0.3 is 15.6 Å². The highest BCUT2D eigenvalue weighted by atomic mass is 35.5. The topological polar surface area (TPSA) is 72.9 Å². The molecule has 1 aromatic heterocycles. The Morgan fingerprint density at radius 3 is 2.55 bits per heavy atom. The van der Waals surface area contributed by atoms with Gasteiger partial charge in [0, 0.05) is 37.4 Å². The average Bonchev–Trinajstić information content (AvgIpc) is 2.78. The van der Waals surface area contributed by atoms with Gasteiger partial charge in [0.05, 0.1) is 6.33 Å². The van der Waals surface area contributed by atoms with E-state index < -0.39 is 0 Å². The van der Waals surface area contributed by atoms with Crippen LogP contribution in [0.2, 0.25) is 0 Å². The number of carbonyl (C=O) groups excluding carboxylic acids is 1. The van der Waals surface area contributed by atoms with Crippen LogP contribution >= 0.6 is 24.8 Å². The number of aryl methyl sites for hydroxylation is 1. The molecular formula is C13H26Cl2N4O. The molecule has 1 rings (SSSR count). The van der Waals surface area contributed by atoms with E-state index in [4.69, 9.17) is 5.73 Å². The van der Waals surface area contributed by atoms with Crippen LogP contribution in [0.5, 0.6) is 0 Å². The van der Waals surface area contributed by atoms with E-state index >= 15 is 0 Å². The molecule has 0 saturated carbocycles. The van der Waals surface area contributed by atoms with Crippen LogP contribution in [-0.4, -0.2) is 27.5 Å². The lowest BCUT2D eigenvalue weighted by Gasteiger charge is -2.31. The summed E-state index contributed by atoms with van der Waals surface area (Å²) in [4.78, 5) is 15.8. The van der Waals surface area contributed by atoms with E-state index in [0.717, 1.165) is 6.42 Å². The van der Waals surface area contributed by atoms with E-state index in [1.54, 1.807) is 12.5 Å². The number of imidazole rings is 1. The van der Waals surface area contributed by atoms with Crippen molar-refractivity contribution in [3.8, 4) is 0 Å². The molecule has 0 saturated heterocycles. The first-order valence-corrected chi connectivity index (χ1v) is 6.42. The highest BCUT2D eigenvalue weighted by Gasteiger charge is 2.25. The van der Waals surface area contributed by atoms with Crippen molar-refractivity contribution in [2.24, 2.45) is 11.7 Å². The van der Waals surface area contributed by atoms with E-state index in [9.17, 15) is 4.79 Å². The first-order chi connectivity index (χ1) is 8.45. The first kappa shape index (κ1) is 21.5. The highest BCUT2D eigenvalue weighted by molar-refractivity contribution is 5.85. The summed E-state index contributed by atoms with van der Waals surface area (Å²) in [5.41, 5.74) is 5.46. The third kappa shape index (κ3) is 7.72. The van der Waals surface area contributed by atoms with Gasteiger partial charge in [0.2, 0.25) is 5.91 Å². The van der Waals surface area contributed by atoms with Gasteiger partial charge in [0.1, 0.15) is 0 Å². The lowest BCUT2D eigenvalue weighted by Crippen LogP contribution is -2.52. The Morgan fingerprint density at radius 2 is 2.10 bits per heavy atom. The number of rotatable bonds is 7. The Kier molecular flexibility index (Phi) is 10.8. The van der Waals surface area contributed by atoms with E-state index in [1.165, 1.54) is 0 Å². The van der Waals surface area contributed by atoms with Gasteiger partial charge in [-0.05, 0) is 19.3 Å². The van der Waals surface area contributed by atoms with Crippen molar-refractivity contribution < 1.29 is 4.79 Å². The number of hydrogen-bond donors (Lipinski definition) is 2. The van der Waals surface area contributed by atoms with Crippen molar-refractivity contribution in [2.75, 3.05) is 6.54 Å². The van der Waals surface area contributed by atoms with Crippen LogP contribution in [-0.2, 0) is 11.3 Å². The van der Waals surface area contributed by atoms with Crippen molar-refractivity contribution in [1.82, 2.24) is 14.9 Å². The Bertz CT molecular complexity index is 370. The van der Waals surface area contributed by atoms with E-state index in [0.29, 0.717) is 25.4 Å². The van der Waals surface area contributed by atoms with E-state index in [-0.39, 0.29) is 36.3 Å². The van der Waals surface area contributed by atoms with Gasteiger partial charge >= 0.3 is 0 Å². The quantitative estimate of drug-likeness (QED) is 0.805. The van der Waals surface area contributed by atoms with Gasteiger partial charge in [-0.15, -0.1) is 24.8 Å². The largest absolute Gasteiger partial charge is 0.350 e. The third-order valence-corrected chi connectivity index (χ3v) is 2.91. The van der Waals surface area contributed by atoms with Crippen molar-refractivity contribution in [3.63, 3.8) is 0 Å². The minimum absolute atomic E-state index is 0. The molecule has 7 heteroatoms. The average molecular weight is 325 g/mol. The fraction of sp³-hybridized carbons (Fsp3) is 0.692. The fourth-order valence-electron chi connectivity index (χ4n) is 2.14. The van der Waals surface area contributed by atoms with Gasteiger partial charge in [-0.1, -0.05) is 13.8 Å². The molecule has 0 bridgehead atoms. The maximum atomic E-state index is 11.9. The van der Waals surface area contributed by atoms with Crippen molar-refractivity contribution in [2.45, 2.75) is 45.7 Å². The van der Waals surface area contributed by atoms with Crippen LogP contribution < -0.4 is 11.1 Å². The van der Waals surface area contributed by atoms with Crippen LogP contribution in [0.25, 0.3) is 0 Å².